The first-order valence-electron chi connectivity index (χ1n) is 26.9. The number of nitrogens with one attached hydrogen (secondary N) is 4. The molecule has 16 heteroatoms. The molecule has 4 heterocycles. The van der Waals surface area contributed by atoms with Gasteiger partial charge in [-0.25, -0.2) is 19.6 Å². The third-order valence-electron chi connectivity index (χ3n) is 15.8. The van der Waals surface area contributed by atoms with Crippen molar-refractivity contribution >= 4 is 35.6 Å². The first-order valence-corrected chi connectivity index (χ1v) is 26.9. The van der Waals surface area contributed by atoms with E-state index in [9.17, 15) is 24.3 Å². The number of imidazole rings is 2. The van der Waals surface area contributed by atoms with Gasteiger partial charge < -0.3 is 49.7 Å². The van der Waals surface area contributed by atoms with Crippen LogP contribution in [0, 0.1) is 17.8 Å². The minimum absolute atomic E-state index is 0.0832. The van der Waals surface area contributed by atoms with Crippen molar-refractivity contribution in [1.82, 2.24) is 40.4 Å². The zero-order chi connectivity index (χ0) is 52.2. The summed E-state index contributed by atoms with van der Waals surface area (Å²) in [6.45, 7) is 13.1. The molecule has 4 aromatic rings. The van der Waals surface area contributed by atoms with Gasteiger partial charge in [-0.15, -0.1) is 0 Å². The van der Waals surface area contributed by atoms with Gasteiger partial charge in [0.15, 0.2) is 0 Å². The van der Waals surface area contributed by atoms with Crippen molar-refractivity contribution in [2.75, 3.05) is 20.2 Å². The molecule has 2 aliphatic heterocycles. The van der Waals surface area contributed by atoms with E-state index in [1.54, 1.807) is 9.80 Å². The van der Waals surface area contributed by atoms with Crippen LogP contribution in [0.3, 0.4) is 0 Å². The second-order valence-electron chi connectivity index (χ2n) is 21.6. The fourth-order valence-corrected chi connectivity index (χ4v) is 11.8. The van der Waals surface area contributed by atoms with Gasteiger partial charge >= 0.3 is 12.2 Å². The third kappa shape index (κ3) is 11.3. The van der Waals surface area contributed by atoms with E-state index in [0.717, 1.165) is 96.5 Å². The monoisotopic (exact) mass is 1010 g/mol. The molecular formula is C58H74N8O8. The van der Waals surface area contributed by atoms with Gasteiger partial charge in [-0.2, -0.15) is 0 Å². The number of hydrogen-bond donors (Lipinski definition) is 5. The average Bonchev–Trinajstić information content (AvgIpc) is 4.17. The highest BCUT2D eigenvalue weighted by Gasteiger charge is 2.41. The third-order valence-corrected chi connectivity index (χ3v) is 15.8. The highest BCUT2D eigenvalue weighted by molar-refractivity contribution is 5.87. The van der Waals surface area contributed by atoms with Gasteiger partial charge in [0.1, 0.15) is 41.3 Å². The minimum atomic E-state index is -1.22. The quantitative estimate of drug-likeness (QED) is 0.0718. The average molecular weight is 1010 g/mol. The molecule has 394 valence electrons. The Balaban J connectivity index is 1.04. The van der Waals surface area contributed by atoms with Crippen LogP contribution in [0.5, 0.6) is 5.75 Å². The van der Waals surface area contributed by atoms with E-state index < -0.39 is 24.3 Å². The molecular weight excluding hydrogens is 937 g/mol. The van der Waals surface area contributed by atoms with Crippen molar-refractivity contribution in [3.8, 4) is 17.0 Å². The van der Waals surface area contributed by atoms with Crippen molar-refractivity contribution in [3.05, 3.63) is 112 Å². The number of ether oxygens (including phenoxy) is 3. The molecule has 0 spiro atoms. The Kier molecular flexibility index (Phi) is 16.0. The van der Waals surface area contributed by atoms with E-state index >= 15 is 0 Å². The second-order valence-corrected chi connectivity index (χ2v) is 21.6. The molecule has 6 atom stereocenters. The maximum atomic E-state index is 13.8. The molecule has 6 unspecified atom stereocenters. The minimum Gasteiger partial charge on any atom is -0.490 e. The number of carbonyl (C=O) groups is 4. The lowest BCUT2D eigenvalue weighted by molar-refractivity contribution is -0.136. The number of likely N-dealkylation sites (tertiary alicyclic amines) is 1. The topological polar surface area (TPSA) is 204 Å². The molecule has 2 aromatic carbocycles. The van der Waals surface area contributed by atoms with E-state index in [-0.39, 0.29) is 60.3 Å². The zero-order valence-corrected chi connectivity index (χ0v) is 44.0. The first kappa shape index (κ1) is 52.0. The number of aromatic amines is 2. The number of rotatable bonds is 16. The van der Waals surface area contributed by atoms with Crippen molar-refractivity contribution < 1.29 is 38.5 Å². The van der Waals surface area contributed by atoms with Gasteiger partial charge in [0.05, 0.1) is 49.6 Å². The number of carbonyl (C=O) groups excluding carboxylic acids is 3. The molecule has 9 rings (SSSR count). The number of alkyl carbamates (subject to hydrolysis) is 1. The predicted octanol–water partition coefficient (Wildman–Crippen LogP) is 11.0. The summed E-state index contributed by atoms with van der Waals surface area (Å²) in [6.07, 6.45) is 16.6. The number of amides is 4. The van der Waals surface area contributed by atoms with Gasteiger partial charge in [-0.05, 0) is 140 Å². The fourth-order valence-electron chi connectivity index (χ4n) is 11.8. The van der Waals surface area contributed by atoms with E-state index in [2.05, 4.69) is 82.1 Å². The van der Waals surface area contributed by atoms with Crippen molar-refractivity contribution in [3.63, 3.8) is 0 Å². The summed E-state index contributed by atoms with van der Waals surface area (Å²) in [5.41, 5.74) is 9.67. The van der Waals surface area contributed by atoms with Crippen LogP contribution in [0.1, 0.15) is 164 Å². The Morgan fingerprint density at radius 2 is 1.68 bits per heavy atom. The van der Waals surface area contributed by atoms with E-state index in [1.165, 1.54) is 43.1 Å². The van der Waals surface area contributed by atoms with Crippen LogP contribution < -0.4 is 15.4 Å². The summed E-state index contributed by atoms with van der Waals surface area (Å²) in [7, 11) is 1.29. The fraction of sp³-hybridized carbons (Fsp3) is 0.517. The van der Waals surface area contributed by atoms with Crippen LogP contribution >= 0.6 is 0 Å². The molecule has 4 amide bonds. The summed E-state index contributed by atoms with van der Waals surface area (Å²) in [4.78, 5) is 71.7. The van der Waals surface area contributed by atoms with Gasteiger partial charge in [0.25, 0.3) is 0 Å². The van der Waals surface area contributed by atoms with Crippen LogP contribution in [0.15, 0.2) is 77.8 Å². The Morgan fingerprint density at radius 1 is 0.892 bits per heavy atom. The molecule has 5 N–H and O–H groups in total. The summed E-state index contributed by atoms with van der Waals surface area (Å²) in [5.74, 6) is 2.47. The maximum absolute atomic E-state index is 13.8. The SMILES string of the molecule is CCCN(Cc1ncc(-c2ccc3c(c2)C=C2CC(C3C)C(c3cccc(OC4CCCCC4)c3)OC3=C2CCC(c2cnc(C4CCCN4C(=O)C(NC(=O)O)C(C)C)[nH]2)=C3)[nH]1)C(=O)C(NC(=O)OC)C(C)C. The number of benzene rings is 2. The predicted molar refractivity (Wildman–Crippen MR) is 282 cm³/mol. The number of hydrogen-bond acceptors (Lipinski definition) is 9. The van der Waals surface area contributed by atoms with Gasteiger partial charge in [0.2, 0.25) is 11.8 Å². The summed E-state index contributed by atoms with van der Waals surface area (Å²) in [5, 5.41) is 14.7. The molecule has 1 saturated heterocycles. The number of nitrogens with zero attached hydrogens (tertiary/aromatic N) is 4. The highest BCUT2D eigenvalue weighted by atomic mass is 16.5. The molecule has 3 aliphatic carbocycles. The lowest BCUT2D eigenvalue weighted by atomic mass is 9.78. The van der Waals surface area contributed by atoms with Crippen molar-refractivity contribution in [1.29, 1.82) is 0 Å². The number of methoxy groups -OCH3 is 1. The molecule has 16 nitrogen and oxygen atoms in total. The zero-order valence-electron chi connectivity index (χ0n) is 44.0. The molecule has 5 aliphatic rings. The van der Waals surface area contributed by atoms with Crippen LogP contribution in [-0.4, -0.2) is 97.2 Å². The highest BCUT2D eigenvalue weighted by Crippen LogP contribution is 2.52. The number of aromatic nitrogens is 4. The number of carboxylic acid groups (broad SMARTS) is 1. The number of fused-ring (bicyclic) bond motifs is 4. The maximum Gasteiger partial charge on any atom is 0.407 e. The Morgan fingerprint density at radius 3 is 2.42 bits per heavy atom. The van der Waals surface area contributed by atoms with Gasteiger partial charge in [-0.1, -0.05) is 78.3 Å². The van der Waals surface area contributed by atoms with Crippen LogP contribution in [0.2, 0.25) is 0 Å². The van der Waals surface area contributed by atoms with Crippen LogP contribution in [0.25, 0.3) is 22.9 Å². The standard InChI is InChI=1S/C58H74N8O8/c1-8-23-65(55(67)51(33(2)3)64-58(71)72-7)32-50-59-30-46(61-50)36-19-21-43-35(6)45-28-40(26-39(43)25-36)44-22-20-37(29-49(44)74-53(45)38-14-12-17-42(27-38)73-41-15-10-9-11-16-41)47-31-60-54(62-47)48-18-13-24-66(48)56(68)52(34(4)5)63-57(69)70/h12,14,17,19,21,25-27,29-31,33-35,41,45,48,51-53,63H,8-11,13,15-16,18,20,22-24,28,32H2,1-7H3,(H,59,61)(H,60,62)(H,64,71)(H,69,70). The molecule has 1 saturated carbocycles. The molecule has 2 aromatic heterocycles. The van der Waals surface area contributed by atoms with E-state index in [1.807, 2.05) is 47.0 Å². The first-order chi connectivity index (χ1) is 35.7. The Bertz CT molecular complexity index is 2800. The normalized spacial score (nSPS) is 21.6. The van der Waals surface area contributed by atoms with Gasteiger partial charge in [0, 0.05) is 24.6 Å². The van der Waals surface area contributed by atoms with Gasteiger partial charge in [-0.3, -0.25) is 9.59 Å². The second kappa shape index (κ2) is 22.7. The molecule has 0 radical (unpaired) electrons. The van der Waals surface area contributed by atoms with Crippen molar-refractivity contribution in [2.45, 2.75) is 155 Å². The van der Waals surface area contributed by atoms with E-state index in [4.69, 9.17) is 24.2 Å². The smallest absolute Gasteiger partial charge is 0.407 e. The molecule has 2 bridgehead atoms. The Labute approximate surface area is 434 Å². The summed E-state index contributed by atoms with van der Waals surface area (Å²) < 4.78 is 18.9. The summed E-state index contributed by atoms with van der Waals surface area (Å²) in [6, 6.07) is 13.3. The van der Waals surface area contributed by atoms with E-state index in [0.29, 0.717) is 24.7 Å². The number of H-pyrrole nitrogens is 2. The molecule has 2 fully saturated rings. The van der Waals surface area contributed by atoms with Crippen molar-refractivity contribution in [2.24, 2.45) is 17.8 Å². The lowest BCUT2D eigenvalue weighted by Gasteiger charge is -2.32. The van der Waals surface area contributed by atoms with Crippen LogP contribution in [-0.2, 0) is 25.6 Å². The Hall–Kier alpha value is -6.84. The lowest BCUT2D eigenvalue weighted by Crippen LogP contribution is -2.51. The van der Waals surface area contributed by atoms with Crippen LogP contribution in [0.4, 0.5) is 9.59 Å². The molecule has 74 heavy (non-hydrogen) atoms. The largest absolute Gasteiger partial charge is 0.490 e. The summed E-state index contributed by atoms with van der Waals surface area (Å²) >= 11 is 0. The number of allylic oxidation sites excluding steroid dienone is 4.